The van der Waals surface area contributed by atoms with Crippen LogP contribution in [0.15, 0.2) is 48.5 Å². The normalized spacial score (nSPS) is 10.2. The van der Waals surface area contributed by atoms with E-state index < -0.39 is 0 Å². The van der Waals surface area contributed by atoms with Gasteiger partial charge in [-0.15, -0.1) is 0 Å². The van der Waals surface area contributed by atoms with E-state index in [-0.39, 0.29) is 0 Å². The molecule has 0 aliphatic heterocycles. The second kappa shape index (κ2) is 5.53. The highest BCUT2D eigenvalue weighted by Crippen LogP contribution is 2.26. The van der Waals surface area contributed by atoms with E-state index in [1.165, 1.54) is 16.7 Å². The van der Waals surface area contributed by atoms with Crippen LogP contribution in [0.4, 0.5) is 0 Å². The van der Waals surface area contributed by atoms with E-state index in [9.17, 15) is 0 Å². The van der Waals surface area contributed by atoms with E-state index in [0.717, 1.165) is 18.8 Å². The quantitative estimate of drug-likeness (QED) is 0.748. The summed E-state index contributed by atoms with van der Waals surface area (Å²) in [6.07, 6.45) is 1.04. The zero-order valence-corrected chi connectivity index (χ0v) is 10.4. The molecule has 1 nitrogen and oxygen atoms in total. The smallest absolute Gasteiger partial charge is 0.119 e. The van der Waals surface area contributed by atoms with Gasteiger partial charge in [0.15, 0.2) is 0 Å². The molecule has 17 heavy (non-hydrogen) atoms. The van der Waals surface area contributed by atoms with Crippen molar-refractivity contribution >= 4 is 0 Å². The molecule has 0 heterocycles. The van der Waals surface area contributed by atoms with Crippen molar-refractivity contribution in [2.45, 2.75) is 20.3 Å². The Kier molecular flexibility index (Phi) is 3.81. The van der Waals surface area contributed by atoms with Gasteiger partial charge in [-0.3, -0.25) is 0 Å². The van der Waals surface area contributed by atoms with Crippen LogP contribution in [-0.4, -0.2) is 6.61 Å². The Hall–Kier alpha value is -1.76. The van der Waals surface area contributed by atoms with Gasteiger partial charge < -0.3 is 4.74 Å². The van der Waals surface area contributed by atoms with Crippen LogP contribution >= 0.6 is 0 Å². The fourth-order valence-corrected chi connectivity index (χ4v) is 1.89. The van der Waals surface area contributed by atoms with Gasteiger partial charge in [0.25, 0.3) is 0 Å². The number of hydrogen-bond acceptors (Lipinski definition) is 1. The molecule has 2 aromatic rings. The van der Waals surface area contributed by atoms with Gasteiger partial charge in [-0.25, -0.2) is 0 Å². The first-order valence-corrected chi connectivity index (χ1v) is 6.10. The number of ether oxygens (including phenoxy) is 1. The minimum atomic E-state index is 0.782. The lowest BCUT2D eigenvalue weighted by Gasteiger charge is -2.09. The summed E-state index contributed by atoms with van der Waals surface area (Å²) in [7, 11) is 0. The lowest BCUT2D eigenvalue weighted by molar-refractivity contribution is 0.317. The molecule has 88 valence electrons. The zero-order chi connectivity index (χ0) is 12.1. The molecule has 0 saturated heterocycles. The van der Waals surface area contributed by atoms with E-state index in [1.807, 2.05) is 12.1 Å². The van der Waals surface area contributed by atoms with Crippen molar-refractivity contribution in [3.8, 4) is 16.9 Å². The van der Waals surface area contributed by atoms with Crippen molar-refractivity contribution in [3.63, 3.8) is 0 Å². The monoisotopic (exact) mass is 226 g/mol. The molecule has 2 rings (SSSR count). The van der Waals surface area contributed by atoms with Crippen molar-refractivity contribution < 1.29 is 4.74 Å². The van der Waals surface area contributed by atoms with Crippen LogP contribution in [0.1, 0.15) is 18.9 Å². The summed E-state index contributed by atoms with van der Waals surface area (Å²) in [4.78, 5) is 0. The number of aryl methyl sites for hydroxylation is 1. The molecule has 0 unspecified atom stereocenters. The average Bonchev–Trinajstić information content (AvgIpc) is 2.37. The van der Waals surface area contributed by atoms with Crippen molar-refractivity contribution in [2.75, 3.05) is 6.61 Å². The van der Waals surface area contributed by atoms with Gasteiger partial charge in [0, 0.05) is 0 Å². The van der Waals surface area contributed by atoms with Crippen molar-refractivity contribution in [2.24, 2.45) is 0 Å². The van der Waals surface area contributed by atoms with E-state index >= 15 is 0 Å². The summed E-state index contributed by atoms with van der Waals surface area (Å²) in [6.45, 7) is 5.02. The molecular weight excluding hydrogens is 208 g/mol. The first kappa shape index (κ1) is 11.7. The Balaban J connectivity index is 2.26. The molecule has 0 bridgehead atoms. The van der Waals surface area contributed by atoms with Crippen LogP contribution in [0.25, 0.3) is 11.1 Å². The minimum Gasteiger partial charge on any atom is -0.494 e. The van der Waals surface area contributed by atoms with E-state index in [1.54, 1.807) is 0 Å². The molecule has 0 radical (unpaired) electrons. The van der Waals surface area contributed by atoms with Gasteiger partial charge in [0.05, 0.1) is 6.61 Å². The van der Waals surface area contributed by atoms with Gasteiger partial charge in [-0.1, -0.05) is 43.3 Å². The maximum Gasteiger partial charge on any atom is 0.119 e. The maximum atomic E-state index is 5.63. The van der Waals surface area contributed by atoms with Gasteiger partial charge in [-0.05, 0) is 42.2 Å². The Bertz CT molecular complexity index is 474. The molecular formula is C16H18O. The van der Waals surface area contributed by atoms with Crippen LogP contribution in [0.2, 0.25) is 0 Å². The Morgan fingerprint density at radius 1 is 1.00 bits per heavy atom. The van der Waals surface area contributed by atoms with Crippen molar-refractivity contribution in [1.29, 1.82) is 0 Å². The fourth-order valence-electron chi connectivity index (χ4n) is 1.89. The Labute approximate surface area is 103 Å². The van der Waals surface area contributed by atoms with E-state index in [0.29, 0.717) is 0 Å². The second-order valence-corrected chi connectivity index (χ2v) is 4.19. The predicted molar refractivity (Wildman–Crippen MR) is 72.4 cm³/mol. The third kappa shape index (κ3) is 2.88. The molecule has 0 saturated carbocycles. The summed E-state index contributed by atoms with van der Waals surface area (Å²) in [5.74, 6) is 0.962. The molecule has 0 atom stereocenters. The summed E-state index contributed by atoms with van der Waals surface area (Å²) < 4.78 is 5.63. The highest BCUT2D eigenvalue weighted by atomic mass is 16.5. The molecule has 0 N–H and O–H groups in total. The van der Waals surface area contributed by atoms with Crippen LogP contribution in [0.5, 0.6) is 5.75 Å². The van der Waals surface area contributed by atoms with E-state index in [4.69, 9.17) is 4.74 Å². The van der Waals surface area contributed by atoms with Crippen LogP contribution < -0.4 is 4.74 Å². The SMILES string of the molecule is CCCOc1ccc(-c2ccccc2)c(C)c1. The molecule has 0 fully saturated rings. The summed E-state index contributed by atoms with van der Waals surface area (Å²) >= 11 is 0. The average molecular weight is 226 g/mol. The number of rotatable bonds is 4. The largest absolute Gasteiger partial charge is 0.494 e. The van der Waals surface area contributed by atoms with E-state index in [2.05, 4.69) is 50.2 Å². The van der Waals surface area contributed by atoms with Gasteiger partial charge in [-0.2, -0.15) is 0 Å². The number of benzene rings is 2. The Morgan fingerprint density at radius 3 is 2.41 bits per heavy atom. The van der Waals surface area contributed by atoms with Crippen LogP contribution in [0, 0.1) is 6.92 Å². The minimum absolute atomic E-state index is 0.782. The summed E-state index contributed by atoms with van der Waals surface area (Å²) in [5, 5.41) is 0. The van der Waals surface area contributed by atoms with Crippen LogP contribution in [-0.2, 0) is 0 Å². The molecule has 1 heteroatoms. The first-order chi connectivity index (χ1) is 8.31. The topological polar surface area (TPSA) is 9.23 Å². The predicted octanol–water partition coefficient (Wildman–Crippen LogP) is 4.45. The maximum absolute atomic E-state index is 5.63. The second-order valence-electron chi connectivity index (χ2n) is 4.19. The standard InChI is InChI=1S/C16H18O/c1-3-11-17-15-9-10-16(13(2)12-15)14-7-5-4-6-8-14/h4-10,12H,3,11H2,1-2H3. The zero-order valence-electron chi connectivity index (χ0n) is 10.4. The third-order valence-corrected chi connectivity index (χ3v) is 2.76. The van der Waals surface area contributed by atoms with Crippen LogP contribution in [0.3, 0.4) is 0 Å². The Morgan fingerprint density at radius 2 is 1.76 bits per heavy atom. The molecule has 0 amide bonds. The van der Waals surface area contributed by atoms with Gasteiger partial charge in [0.1, 0.15) is 5.75 Å². The van der Waals surface area contributed by atoms with Gasteiger partial charge >= 0.3 is 0 Å². The molecule has 0 aromatic heterocycles. The van der Waals surface area contributed by atoms with Gasteiger partial charge in [0.2, 0.25) is 0 Å². The molecule has 0 spiro atoms. The van der Waals surface area contributed by atoms with Crippen molar-refractivity contribution in [3.05, 3.63) is 54.1 Å². The lowest BCUT2D eigenvalue weighted by Crippen LogP contribution is -1.95. The summed E-state index contributed by atoms with van der Waals surface area (Å²) in [5.41, 5.74) is 3.78. The molecule has 0 aliphatic carbocycles. The molecule has 2 aromatic carbocycles. The lowest BCUT2D eigenvalue weighted by atomic mass is 10.0. The third-order valence-electron chi connectivity index (χ3n) is 2.76. The van der Waals surface area contributed by atoms with Crippen molar-refractivity contribution in [1.82, 2.24) is 0 Å². The first-order valence-electron chi connectivity index (χ1n) is 6.10. The highest BCUT2D eigenvalue weighted by Gasteiger charge is 2.02. The summed E-state index contributed by atoms with van der Waals surface area (Å²) in [6, 6.07) is 16.7. The molecule has 0 aliphatic rings. The highest BCUT2D eigenvalue weighted by molar-refractivity contribution is 5.67. The fraction of sp³-hybridized carbons (Fsp3) is 0.250. The number of hydrogen-bond donors (Lipinski definition) is 0.